The van der Waals surface area contributed by atoms with Crippen LogP contribution in [0, 0.1) is 0 Å². The Morgan fingerprint density at radius 2 is 1.89 bits per heavy atom. The van der Waals surface area contributed by atoms with E-state index in [1.54, 1.807) is 4.90 Å². The predicted octanol–water partition coefficient (Wildman–Crippen LogP) is 2.50. The van der Waals surface area contributed by atoms with Crippen LogP contribution in [0.3, 0.4) is 0 Å². The first kappa shape index (κ1) is 15.0. The monoisotopic (exact) mass is 250 g/mol. The molecule has 0 aliphatic carbocycles. The van der Waals surface area contributed by atoms with Crippen LogP contribution in [-0.2, 0) is 0 Å². The number of quaternary nitrogens is 1. The van der Waals surface area contributed by atoms with Gasteiger partial charge in [-0.25, -0.2) is 0 Å². The number of hydrogen-bond donors (Lipinski definition) is 1. The van der Waals surface area contributed by atoms with Crippen LogP contribution in [0.1, 0.15) is 45.6 Å². The van der Waals surface area contributed by atoms with Crippen LogP contribution >= 0.6 is 0 Å². The van der Waals surface area contributed by atoms with E-state index in [0.29, 0.717) is 5.92 Å². The van der Waals surface area contributed by atoms with E-state index >= 15 is 0 Å². The predicted molar refractivity (Wildman–Crippen MR) is 77.6 cm³/mol. The summed E-state index contributed by atoms with van der Waals surface area (Å²) in [5.74, 6) is 1.57. The zero-order valence-corrected chi connectivity index (χ0v) is 12.3. The van der Waals surface area contributed by atoms with Crippen molar-refractivity contribution in [3.05, 3.63) is 29.8 Å². The number of hydrogen-bond acceptors (Lipinski definition) is 1. The summed E-state index contributed by atoms with van der Waals surface area (Å²) >= 11 is 0. The van der Waals surface area contributed by atoms with Crippen LogP contribution in [0.5, 0.6) is 5.75 Å². The van der Waals surface area contributed by atoms with Gasteiger partial charge in [-0.2, -0.15) is 0 Å². The molecule has 0 aliphatic heterocycles. The summed E-state index contributed by atoms with van der Waals surface area (Å²) < 4.78 is 5.82. The summed E-state index contributed by atoms with van der Waals surface area (Å²) in [4.78, 5) is 1.65. The normalized spacial score (nSPS) is 11.2. The highest BCUT2D eigenvalue weighted by atomic mass is 16.5. The average molecular weight is 250 g/mol. The molecule has 0 radical (unpaired) electrons. The minimum Gasteiger partial charge on any atom is -0.493 e. The fourth-order valence-corrected chi connectivity index (χ4v) is 2.08. The van der Waals surface area contributed by atoms with E-state index in [-0.39, 0.29) is 0 Å². The van der Waals surface area contributed by atoms with Crippen molar-refractivity contribution < 1.29 is 9.64 Å². The molecule has 0 aliphatic rings. The van der Waals surface area contributed by atoms with Gasteiger partial charge in [0, 0.05) is 6.42 Å². The van der Waals surface area contributed by atoms with E-state index in [9.17, 15) is 0 Å². The smallest absolute Gasteiger partial charge is 0.119 e. The van der Waals surface area contributed by atoms with Gasteiger partial charge in [0.05, 0.1) is 26.2 Å². The van der Waals surface area contributed by atoms with Gasteiger partial charge in [-0.15, -0.1) is 0 Å². The van der Waals surface area contributed by atoms with Crippen molar-refractivity contribution in [2.75, 3.05) is 26.2 Å². The zero-order chi connectivity index (χ0) is 13.4. The van der Waals surface area contributed by atoms with E-state index in [1.165, 1.54) is 25.2 Å². The lowest BCUT2D eigenvalue weighted by Gasteiger charge is -2.15. The van der Waals surface area contributed by atoms with Crippen molar-refractivity contribution in [1.82, 2.24) is 0 Å². The maximum Gasteiger partial charge on any atom is 0.119 e. The topological polar surface area (TPSA) is 13.7 Å². The molecule has 0 fully saturated rings. The van der Waals surface area contributed by atoms with Crippen LogP contribution in [0.15, 0.2) is 24.3 Å². The van der Waals surface area contributed by atoms with E-state index < -0.39 is 0 Å². The third-order valence-electron chi connectivity index (χ3n) is 3.47. The molecule has 102 valence electrons. The van der Waals surface area contributed by atoms with Crippen LogP contribution in [0.2, 0.25) is 0 Å². The SMILES string of the molecule is CC[NH+](CC)CCCOc1cccc(C(C)C)c1. The first-order chi connectivity index (χ1) is 8.67. The lowest BCUT2D eigenvalue weighted by atomic mass is 10.0. The van der Waals surface area contributed by atoms with Crippen molar-refractivity contribution in [1.29, 1.82) is 0 Å². The van der Waals surface area contributed by atoms with E-state index in [0.717, 1.165) is 18.8 Å². The van der Waals surface area contributed by atoms with Gasteiger partial charge >= 0.3 is 0 Å². The first-order valence-corrected chi connectivity index (χ1v) is 7.23. The van der Waals surface area contributed by atoms with E-state index in [4.69, 9.17) is 4.74 Å². The standard InChI is InChI=1S/C16H27NO/c1-5-17(6-2)11-8-12-18-16-10-7-9-15(13-16)14(3)4/h7,9-10,13-14H,5-6,8,11-12H2,1-4H3/p+1. The molecule has 0 heterocycles. The molecule has 0 aromatic heterocycles. The van der Waals surface area contributed by atoms with Gasteiger partial charge in [-0.3, -0.25) is 0 Å². The van der Waals surface area contributed by atoms with Crippen molar-refractivity contribution in [2.24, 2.45) is 0 Å². The van der Waals surface area contributed by atoms with E-state index in [2.05, 4.69) is 52.0 Å². The Morgan fingerprint density at radius 3 is 2.50 bits per heavy atom. The van der Waals surface area contributed by atoms with Gasteiger partial charge in [0.1, 0.15) is 5.75 Å². The summed E-state index contributed by atoms with van der Waals surface area (Å²) in [5.41, 5.74) is 1.35. The molecule has 2 nitrogen and oxygen atoms in total. The summed E-state index contributed by atoms with van der Waals surface area (Å²) in [6.07, 6.45) is 1.13. The lowest BCUT2D eigenvalue weighted by molar-refractivity contribution is -0.896. The number of rotatable bonds is 8. The second-order valence-corrected chi connectivity index (χ2v) is 5.14. The van der Waals surface area contributed by atoms with Gasteiger partial charge < -0.3 is 9.64 Å². The lowest BCUT2D eigenvalue weighted by Crippen LogP contribution is -3.11. The third kappa shape index (κ3) is 5.09. The van der Waals surface area contributed by atoms with Crippen LogP contribution in [0.25, 0.3) is 0 Å². The fourth-order valence-electron chi connectivity index (χ4n) is 2.08. The van der Waals surface area contributed by atoms with Crippen LogP contribution < -0.4 is 9.64 Å². The maximum atomic E-state index is 5.82. The summed E-state index contributed by atoms with van der Waals surface area (Å²) in [6.45, 7) is 13.4. The number of nitrogens with one attached hydrogen (secondary N) is 1. The van der Waals surface area contributed by atoms with Crippen molar-refractivity contribution in [3.8, 4) is 5.75 Å². The molecule has 18 heavy (non-hydrogen) atoms. The molecule has 0 unspecified atom stereocenters. The molecule has 0 saturated heterocycles. The molecule has 0 atom stereocenters. The van der Waals surface area contributed by atoms with Gasteiger partial charge in [0.2, 0.25) is 0 Å². The molecule has 1 aromatic carbocycles. The van der Waals surface area contributed by atoms with E-state index in [1.807, 2.05) is 0 Å². The fraction of sp³-hybridized carbons (Fsp3) is 0.625. The van der Waals surface area contributed by atoms with Crippen LogP contribution in [0.4, 0.5) is 0 Å². The second kappa shape index (κ2) is 8.15. The zero-order valence-electron chi connectivity index (χ0n) is 12.3. The van der Waals surface area contributed by atoms with Crippen molar-refractivity contribution in [2.45, 2.75) is 40.0 Å². The highest BCUT2D eigenvalue weighted by Crippen LogP contribution is 2.19. The minimum absolute atomic E-state index is 0.564. The molecule has 2 heteroatoms. The summed E-state index contributed by atoms with van der Waals surface area (Å²) in [5, 5.41) is 0. The third-order valence-corrected chi connectivity index (χ3v) is 3.47. The molecule has 0 bridgehead atoms. The van der Waals surface area contributed by atoms with Gasteiger partial charge in [0.15, 0.2) is 0 Å². The Bertz CT molecular complexity index is 332. The quantitative estimate of drug-likeness (QED) is 0.700. The molecule has 1 N–H and O–H groups in total. The summed E-state index contributed by atoms with van der Waals surface area (Å²) in [7, 11) is 0. The molecule has 1 aromatic rings. The Hall–Kier alpha value is -1.02. The molecule has 1 rings (SSSR count). The Labute approximate surface area is 112 Å². The largest absolute Gasteiger partial charge is 0.493 e. The van der Waals surface area contributed by atoms with Gasteiger partial charge in [0.25, 0.3) is 0 Å². The Kier molecular flexibility index (Phi) is 6.81. The number of benzene rings is 1. The summed E-state index contributed by atoms with van der Waals surface area (Å²) in [6, 6.07) is 8.46. The highest BCUT2D eigenvalue weighted by molar-refractivity contribution is 5.30. The van der Waals surface area contributed by atoms with Crippen molar-refractivity contribution >= 4 is 0 Å². The Balaban J connectivity index is 2.33. The van der Waals surface area contributed by atoms with Gasteiger partial charge in [-0.1, -0.05) is 26.0 Å². The maximum absolute atomic E-state index is 5.82. The Morgan fingerprint density at radius 1 is 1.17 bits per heavy atom. The average Bonchev–Trinajstić information content (AvgIpc) is 2.39. The van der Waals surface area contributed by atoms with Crippen molar-refractivity contribution in [3.63, 3.8) is 0 Å². The molecule has 0 saturated carbocycles. The highest BCUT2D eigenvalue weighted by Gasteiger charge is 2.03. The number of ether oxygens (including phenoxy) is 1. The molecule has 0 amide bonds. The molecular weight excluding hydrogens is 222 g/mol. The molecule has 0 spiro atoms. The van der Waals surface area contributed by atoms with Gasteiger partial charge in [-0.05, 0) is 37.5 Å². The minimum atomic E-state index is 0.564. The van der Waals surface area contributed by atoms with Crippen LogP contribution in [-0.4, -0.2) is 26.2 Å². The molecular formula is C16H28NO+. The second-order valence-electron chi connectivity index (χ2n) is 5.14. The first-order valence-electron chi connectivity index (χ1n) is 7.23.